The van der Waals surface area contributed by atoms with Gasteiger partial charge in [0, 0.05) is 25.3 Å². The largest absolute Gasteiger partial charge is 0.372 e. The van der Waals surface area contributed by atoms with Crippen LogP contribution in [0, 0.1) is 12.3 Å². The van der Waals surface area contributed by atoms with Crippen LogP contribution >= 0.6 is 0 Å². The summed E-state index contributed by atoms with van der Waals surface area (Å²) in [4.78, 5) is 2.56. The molecule has 0 bridgehead atoms. The number of rotatable bonds is 3. The molecule has 0 aromatic heterocycles. The van der Waals surface area contributed by atoms with Gasteiger partial charge >= 0.3 is 0 Å². The van der Waals surface area contributed by atoms with Gasteiger partial charge in [0.2, 0.25) is 0 Å². The molecule has 106 valence electrons. The lowest BCUT2D eigenvalue weighted by Gasteiger charge is -2.25. The highest BCUT2D eigenvalue weighted by Crippen LogP contribution is 2.32. The van der Waals surface area contributed by atoms with E-state index in [1.165, 1.54) is 49.2 Å². The summed E-state index contributed by atoms with van der Waals surface area (Å²) in [6.45, 7) is 10.4. The van der Waals surface area contributed by atoms with E-state index in [9.17, 15) is 0 Å². The van der Waals surface area contributed by atoms with Crippen molar-refractivity contribution in [3.63, 3.8) is 0 Å². The van der Waals surface area contributed by atoms with E-state index in [2.05, 4.69) is 49.2 Å². The fraction of sp³-hybridized carbons (Fsp3) is 0.647. The molecule has 1 N–H and O–H groups in total. The Hall–Kier alpha value is -1.02. The van der Waals surface area contributed by atoms with Crippen LogP contribution in [0.1, 0.15) is 44.2 Å². The van der Waals surface area contributed by atoms with Crippen molar-refractivity contribution in [2.45, 2.75) is 46.6 Å². The zero-order valence-corrected chi connectivity index (χ0v) is 12.9. The third-order valence-electron chi connectivity index (χ3n) is 4.40. The van der Waals surface area contributed by atoms with Crippen molar-refractivity contribution in [2.24, 2.45) is 5.41 Å². The number of hydrogen-bond acceptors (Lipinski definition) is 2. The molecule has 2 nitrogen and oxygen atoms in total. The molecule has 1 aliphatic heterocycles. The number of nitrogens with one attached hydrogen (secondary N) is 1. The highest BCUT2D eigenvalue weighted by Gasteiger charge is 2.23. The second-order valence-electron chi connectivity index (χ2n) is 6.65. The van der Waals surface area contributed by atoms with Crippen LogP contribution in [-0.4, -0.2) is 20.1 Å². The number of benzene rings is 1. The molecular weight excluding hydrogens is 232 g/mol. The Labute approximate surface area is 118 Å². The van der Waals surface area contributed by atoms with E-state index >= 15 is 0 Å². The molecule has 1 aromatic rings. The maximum atomic E-state index is 3.23. The Kier molecular flexibility index (Phi) is 4.51. The maximum Gasteiger partial charge on any atom is 0.0369 e. The predicted octanol–water partition coefficient (Wildman–Crippen LogP) is 3.73. The number of aryl methyl sites for hydroxylation is 1. The SMILES string of the molecule is CNCc1ccc(N2CCCC(C)(C)CC2)cc1C. The Balaban J connectivity index is 2.11. The van der Waals surface area contributed by atoms with Crippen molar-refractivity contribution >= 4 is 5.69 Å². The minimum atomic E-state index is 0.510. The van der Waals surface area contributed by atoms with Gasteiger partial charge in [-0.25, -0.2) is 0 Å². The van der Waals surface area contributed by atoms with Crippen molar-refractivity contribution in [3.05, 3.63) is 29.3 Å². The van der Waals surface area contributed by atoms with Gasteiger partial charge in [0.05, 0.1) is 0 Å². The topological polar surface area (TPSA) is 15.3 Å². The normalized spacial score (nSPS) is 19.3. The summed E-state index contributed by atoms with van der Waals surface area (Å²) < 4.78 is 0. The molecular formula is C17H28N2. The first-order valence-electron chi connectivity index (χ1n) is 7.51. The van der Waals surface area contributed by atoms with Gasteiger partial charge in [0.25, 0.3) is 0 Å². The molecule has 1 aliphatic rings. The Bertz CT molecular complexity index is 423. The summed E-state index contributed by atoms with van der Waals surface area (Å²) in [7, 11) is 2.00. The lowest BCUT2D eigenvalue weighted by atomic mass is 9.85. The summed E-state index contributed by atoms with van der Waals surface area (Å²) >= 11 is 0. The van der Waals surface area contributed by atoms with Gasteiger partial charge in [-0.1, -0.05) is 19.9 Å². The number of hydrogen-bond donors (Lipinski definition) is 1. The molecule has 0 unspecified atom stereocenters. The smallest absolute Gasteiger partial charge is 0.0369 e. The van der Waals surface area contributed by atoms with Gasteiger partial charge in [-0.3, -0.25) is 0 Å². The van der Waals surface area contributed by atoms with Gasteiger partial charge in [-0.2, -0.15) is 0 Å². The van der Waals surface area contributed by atoms with Crippen LogP contribution in [-0.2, 0) is 6.54 Å². The molecule has 0 amide bonds. The molecule has 19 heavy (non-hydrogen) atoms. The van der Waals surface area contributed by atoms with Crippen LogP contribution in [0.15, 0.2) is 18.2 Å². The van der Waals surface area contributed by atoms with Crippen LogP contribution < -0.4 is 10.2 Å². The summed E-state index contributed by atoms with van der Waals surface area (Å²) in [6, 6.07) is 6.92. The summed E-state index contributed by atoms with van der Waals surface area (Å²) in [6.07, 6.45) is 3.95. The molecule has 2 rings (SSSR count). The molecule has 1 aromatic carbocycles. The lowest BCUT2D eigenvalue weighted by molar-refractivity contribution is 0.325. The second-order valence-corrected chi connectivity index (χ2v) is 6.65. The van der Waals surface area contributed by atoms with Crippen LogP contribution in [0.4, 0.5) is 5.69 Å². The third kappa shape index (κ3) is 3.73. The van der Waals surface area contributed by atoms with Crippen LogP contribution in [0.2, 0.25) is 0 Å². The van der Waals surface area contributed by atoms with Crippen molar-refractivity contribution in [2.75, 3.05) is 25.0 Å². The first kappa shape index (κ1) is 14.4. The highest BCUT2D eigenvalue weighted by atomic mass is 15.1. The average molecular weight is 260 g/mol. The van der Waals surface area contributed by atoms with E-state index in [1.54, 1.807) is 0 Å². The van der Waals surface area contributed by atoms with E-state index in [1.807, 2.05) is 7.05 Å². The molecule has 1 heterocycles. The average Bonchev–Trinajstić information content (AvgIpc) is 2.53. The Morgan fingerprint density at radius 3 is 2.68 bits per heavy atom. The number of nitrogens with zero attached hydrogens (tertiary/aromatic N) is 1. The predicted molar refractivity (Wildman–Crippen MR) is 83.8 cm³/mol. The number of anilines is 1. The zero-order valence-electron chi connectivity index (χ0n) is 12.9. The second kappa shape index (κ2) is 5.96. The van der Waals surface area contributed by atoms with Crippen molar-refractivity contribution in [1.82, 2.24) is 5.32 Å². The standard InChI is InChI=1S/C17H28N2/c1-14-12-16(7-6-15(14)13-18-4)19-10-5-8-17(2,3)9-11-19/h6-7,12,18H,5,8-11,13H2,1-4H3. The van der Waals surface area contributed by atoms with Crippen molar-refractivity contribution in [3.8, 4) is 0 Å². The summed E-state index contributed by atoms with van der Waals surface area (Å²) in [5.41, 5.74) is 4.71. The molecule has 1 saturated heterocycles. The summed E-state index contributed by atoms with van der Waals surface area (Å²) in [5.74, 6) is 0. The zero-order chi connectivity index (χ0) is 13.9. The fourth-order valence-corrected chi connectivity index (χ4v) is 2.95. The van der Waals surface area contributed by atoms with E-state index in [4.69, 9.17) is 0 Å². The molecule has 0 aliphatic carbocycles. The first-order chi connectivity index (χ1) is 9.02. The van der Waals surface area contributed by atoms with Gasteiger partial charge in [-0.15, -0.1) is 0 Å². The summed E-state index contributed by atoms with van der Waals surface area (Å²) in [5, 5.41) is 3.23. The molecule has 0 saturated carbocycles. The third-order valence-corrected chi connectivity index (χ3v) is 4.40. The molecule has 0 spiro atoms. The van der Waals surface area contributed by atoms with Gasteiger partial charge in [-0.05, 0) is 61.9 Å². The van der Waals surface area contributed by atoms with Crippen LogP contribution in [0.5, 0.6) is 0 Å². The van der Waals surface area contributed by atoms with Crippen molar-refractivity contribution in [1.29, 1.82) is 0 Å². The Morgan fingerprint density at radius 2 is 2.00 bits per heavy atom. The minimum Gasteiger partial charge on any atom is -0.372 e. The maximum absolute atomic E-state index is 3.23. The van der Waals surface area contributed by atoms with E-state index in [-0.39, 0.29) is 0 Å². The van der Waals surface area contributed by atoms with E-state index < -0.39 is 0 Å². The molecule has 2 heteroatoms. The van der Waals surface area contributed by atoms with E-state index in [0.29, 0.717) is 5.41 Å². The molecule has 0 atom stereocenters. The van der Waals surface area contributed by atoms with Crippen LogP contribution in [0.25, 0.3) is 0 Å². The van der Waals surface area contributed by atoms with Gasteiger partial charge in [0.15, 0.2) is 0 Å². The molecule has 0 radical (unpaired) electrons. The van der Waals surface area contributed by atoms with Gasteiger partial charge in [0.1, 0.15) is 0 Å². The highest BCUT2D eigenvalue weighted by molar-refractivity contribution is 5.51. The van der Waals surface area contributed by atoms with Crippen LogP contribution in [0.3, 0.4) is 0 Å². The van der Waals surface area contributed by atoms with E-state index in [0.717, 1.165) is 6.54 Å². The first-order valence-corrected chi connectivity index (χ1v) is 7.51. The quantitative estimate of drug-likeness (QED) is 0.891. The van der Waals surface area contributed by atoms with Crippen molar-refractivity contribution < 1.29 is 0 Å². The van der Waals surface area contributed by atoms with Gasteiger partial charge < -0.3 is 10.2 Å². The molecule has 1 fully saturated rings. The Morgan fingerprint density at radius 1 is 1.21 bits per heavy atom. The minimum absolute atomic E-state index is 0.510. The lowest BCUT2D eigenvalue weighted by Crippen LogP contribution is -2.25. The monoisotopic (exact) mass is 260 g/mol. The fourth-order valence-electron chi connectivity index (χ4n) is 2.95.